The van der Waals surface area contributed by atoms with Gasteiger partial charge in [0.2, 0.25) is 5.91 Å². The average molecular weight is 655 g/mol. The van der Waals surface area contributed by atoms with E-state index in [4.69, 9.17) is 9.47 Å². The number of carbonyl (C=O) groups excluding carboxylic acids is 4. The highest BCUT2D eigenvalue weighted by molar-refractivity contribution is 6.03. The van der Waals surface area contributed by atoms with Crippen LogP contribution in [0.15, 0.2) is 0 Å². The van der Waals surface area contributed by atoms with E-state index in [1.165, 1.54) is 16.8 Å². The van der Waals surface area contributed by atoms with Gasteiger partial charge in [-0.25, -0.2) is 9.59 Å². The minimum Gasteiger partial charge on any atom is -0.390 e. The van der Waals surface area contributed by atoms with E-state index in [2.05, 4.69) is 0 Å². The first-order valence-corrected chi connectivity index (χ1v) is 16.4. The molecule has 0 aromatic carbocycles. The molecule has 4 aliphatic rings. The van der Waals surface area contributed by atoms with Gasteiger partial charge in [-0.3, -0.25) is 19.4 Å². The zero-order chi connectivity index (χ0) is 34.8. The fraction of sp³-hybridized carbons (Fsp3) is 0.882. The molecule has 11 atom stereocenters. The van der Waals surface area contributed by atoms with Crippen molar-refractivity contribution in [3.8, 4) is 0 Å². The lowest BCUT2D eigenvalue weighted by atomic mass is 9.72. The van der Waals surface area contributed by atoms with Crippen LogP contribution in [0.2, 0.25) is 0 Å². The Morgan fingerprint density at radius 1 is 0.761 bits per heavy atom. The Morgan fingerprint density at radius 2 is 1.17 bits per heavy atom. The summed E-state index contributed by atoms with van der Waals surface area (Å²) in [6.45, 7) is 25.0. The molecular weight excluding hydrogens is 592 g/mol. The SMILES string of the molecule is C.CC(C)C(C)(O)C(C)CC(C)C(C)(O)C(C)N1CC(=O)N(C)C1=O.CC1OC1(C)C(C)N1CC(=O)N(C(C)C2(C)OC2C)C1=O. The Kier molecular flexibility index (Phi) is 11.6. The molecule has 46 heavy (non-hydrogen) atoms. The normalized spacial score (nSPS) is 33.5. The van der Waals surface area contributed by atoms with Gasteiger partial charge in [0.25, 0.3) is 5.91 Å². The number of amides is 6. The van der Waals surface area contributed by atoms with Crippen LogP contribution < -0.4 is 0 Å². The van der Waals surface area contributed by atoms with Gasteiger partial charge < -0.3 is 29.5 Å². The van der Waals surface area contributed by atoms with E-state index in [9.17, 15) is 29.4 Å². The molecule has 4 saturated heterocycles. The van der Waals surface area contributed by atoms with E-state index in [1.54, 1.807) is 18.7 Å². The average Bonchev–Trinajstić information content (AvgIpc) is 3.70. The number of nitrogens with zero attached hydrogens (tertiary/aromatic N) is 4. The van der Waals surface area contributed by atoms with Crippen LogP contribution >= 0.6 is 0 Å². The number of aliphatic hydroxyl groups is 2. The molecule has 4 fully saturated rings. The minimum atomic E-state index is -1.16. The molecule has 0 aliphatic carbocycles. The second-order valence-electron chi connectivity index (χ2n) is 15.1. The zero-order valence-electron chi connectivity index (χ0n) is 29.9. The molecule has 0 radical (unpaired) electrons. The van der Waals surface area contributed by atoms with Gasteiger partial charge in [0.05, 0.1) is 41.5 Å². The summed E-state index contributed by atoms with van der Waals surface area (Å²) in [5.74, 6) is -0.466. The van der Waals surface area contributed by atoms with Gasteiger partial charge in [0, 0.05) is 7.05 Å². The van der Waals surface area contributed by atoms with Crippen LogP contribution in [0.1, 0.15) is 104 Å². The van der Waals surface area contributed by atoms with E-state index >= 15 is 0 Å². The monoisotopic (exact) mass is 654 g/mol. The number of hydrogen-bond donors (Lipinski definition) is 2. The predicted octanol–water partition coefficient (Wildman–Crippen LogP) is 4.11. The zero-order valence-corrected chi connectivity index (χ0v) is 29.9. The summed E-state index contributed by atoms with van der Waals surface area (Å²) < 4.78 is 11.2. The highest BCUT2D eigenvalue weighted by Crippen LogP contribution is 2.45. The first-order valence-electron chi connectivity index (χ1n) is 16.4. The Hall–Kier alpha value is -2.28. The maximum Gasteiger partial charge on any atom is 0.327 e. The number of epoxide rings is 2. The number of imide groups is 2. The number of ether oxygens (including phenoxy) is 2. The molecule has 0 aromatic heterocycles. The highest BCUT2D eigenvalue weighted by Gasteiger charge is 2.61. The molecule has 11 unspecified atom stereocenters. The molecule has 0 spiro atoms. The lowest BCUT2D eigenvalue weighted by Crippen LogP contribution is -2.54. The van der Waals surface area contributed by atoms with Crippen LogP contribution in [-0.4, -0.2) is 127 Å². The largest absolute Gasteiger partial charge is 0.390 e. The highest BCUT2D eigenvalue weighted by atomic mass is 16.6. The molecule has 4 heterocycles. The van der Waals surface area contributed by atoms with E-state index < -0.39 is 22.8 Å². The smallest absolute Gasteiger partial charge is 0.327 e. The summed E-state index contributed by atoms with van der Waals surface area (Å²) in [4.78, 5) is 54.4. The lowest BCUT2D eigenvalue weighted by molar-refractivity contribution is -0.127. The fourth-order valence-corrected chi connectivity index (χ4v) is 6.58. The summed E-state index contributed by atoms with van der Waals surface area (Å²) in [5.41, 5.74) is -2.75. The second kappa shape index (κ2) is 13.3. The number of urea groups is 2. The Balaban J connectivity index is 0.000000315. The molecular formula is C34H62N4O8. The summed E-state index contributed by atoms with van der Waals surface area (Å²) in [5, 5.41) is 21.7. The Labute approximate surface area is 276 Å². The second-order valence-corrected chi connectivity index (χ2v) is 15.1. The molecule has 0 saturated carbocycles. The van der Waals surface area contributed by atoms with Gasteiger partial charge in [-0.1, -0.05) is 35.1 Å². The van der Waals surface area contributed by atoms with E-state index in [1.807, 2.05) is 76.2 Å². The molecule has 12 heteroatoms. The number of rotatable bonds is 11. The molecule has 266 valence electrons. The molecule has 12 nitrogen and oxygen atoms in total. The summed E-state index contributed by atoms with van der Waals surface area (Å²) in [6.07, 6.45) is 0.809. The van der Waals surface area contributed by atoms with E-state index in [0.29, 0.717) is 6.42 Å². The third-order valence-electron chi connectivity index (χ3n) is 12.3. The van der Waals surface area contributed by atoms with E-state index in [0.717, 1.165) is 4.90 Å². The summed E-state index contributed by atoms with van der Waals surface area (Å²) >= 11 is 0. The molecule has 6 amide bonds. The standard InChI is InChI=1S/C18H34N2O4.C15H24N2O4.CH4/c1-11(2)17(6,23)12(3)9-13(4)18(7,24)14(5)20-10-15(21)19(8)16(20)22;1-8(14(5)10(3)20-14)16-7-12(18)17(13(16)19)9(2)15(6)11(4)21-15;/h11-14,23-24H,9-10H2,1-8H3;8-11H,7H2,1-6H3;1H4. The van der Waals surface area contributed by atoms with Gasteiger partial charge in [0.1, 0.15) is 24.3 Å². The quantitative estimate of drug-likeness (QED) is 0.250. The topological polar surface area (TPSA) is 147 Å². The van der Waals surface area contributed by atoms with Crippen LogP contribution in [0.3, 0.4) is 0 Å². The van der Waals surface area contributed by atoms with Crippen molar-refractivity contribution < 1.29 is 38.9 Å². The van der Waals surface area contributed by atoms with Crippen LogP contribution in [-0.2, 0) is 19.1 Å². The number of carbonyl (C=O) groups is 4. The van der Waals surface area contributed by atoms with Crippen molar-refractivity contribution in [1.29, 1.82) is 0 Å². The van der Waals surface area contributed by atoms with Gasteiger partial charge in [-0.2, -0.15) is 0 Å². The van der Waals surface area contributed by atoms with Crippen LogP contribution in [0.25, 0.3) is 0 Å². The Bertz CT molecular complexity index is 1180. The maximum atomic E-state index is 12.7. The van der Waals surface area contributed by atoms with Crippen LogP contribution in [0.5, 0.6) is 0 Å². The van der Waals surface area contributed by atoms with Crippen LogP contribution in [0.4, 0.5) is 9.59 Å². The van der Waals surface area contributed by atoms with E-state index in [-0.39, 0.29) is 92.0 Å². The summed E-state index contributed by atoms with van der Waals surface area (Å²) in [6, 6.07) is -1.47. The maximum absolute atomic E-state index is 12.7. The van der Waals surface area contributed by atoms with Gasteiger partial charge in [-0.15, -0.1) is 0 Å². The fourth-order valence-electron chi connectivity index (χ4n) is 6.58. The van der Waals surface area contributed by atoms with Gasteiger partial charge >= 0.3 is 12.1 Å². The molecule has 4 aliphatic heterocycles. The van der Waals surface area contributed by atoms with Crippen molar-refractivity contribution >= 4 is 23.9 Å². The van der Waals surface area contributed by atoms with Crippen molar-refractivity contribution in [1.82, 2.24) is 19.6 Å². The third-order valence-corrected chi connectivity index (χ3v) is 12.3. The minimum absolute atomic E-state index is 0. The van der Waals surface area contributed by atoms with Gasteiger partial charge in [0.15, 0.2) is 0 Å². The molecule has 0 aromatic rings. The number of hydrogen-bond acceptors (Lipinski definition) is 8. The molecule has 4 rings (SSSR count). The summed E-state index contributed by atoms with van der Waals surface area (Å²) in [7, 11) is 1.46. The third kappa shape index (κ3) is 6.96. The Morgan fingerprint density at radius 3 is 1.57 bits per heavy atom. The predicted molar refractivity (Wildman–Crippen MR) is 176 cm³/mol. The number of likely N-dealkylation sites (N-methyl/N-ethyl adjacent to an activating group) is 1. The van der Waals surface area contributed by atoms with Crippen molar-refractivity contribution in [2.75, 3.05) is 20.1 Å². The lowest BCUT2D eigenvalue weighted by Gasteiger charge is -2.43. The van der Waals surface area contributed by atoms with Crippen molar-refractivity contribution in [2.45, 2.75) is 157 Å². The van der Waals surface area contributed by atoms with Crippen molar-refractivity contribution in [3.63, 3.8) is 0 Å². The first-order chi connectivity index (χ1) is 20.4. The van der Waals surface area contributed by atoms with Crippen molar-refractivity contribution in [3.05, 3.63) is 0 Å². The van der Waals surface area contributed by atoms with Gasteiger partial charge in [-0.05, 0) is 86.5 Å². The molecule has 2 N–H and O–H groups in total. The van der Waals surface area contributed by atoms with Crippen molar-refractivity contribution in [2.24, 2.45) is 17.8 Å². The first kappa shape index (κ1) is 39.9. The van der Waals surface area contributed by atoms with Crippen LogP contribution in [0, 0.1) is 17.8 Å². The molecule has 0 bridgehead atoms.